The van der Waals surface area contributed by atoms with Crippen LogP contribution in [-0.2, 0) is 11.2 Å². The fourth-order valence-corrected chi connectivity index (χ4v) is 1.64. The Balaban J connectivity index is 2.19. The minimum atomic E-state index is -0.749. The molecule has 0 bridgehead atoms. The number of aliphatic carboxylic acids is 1. The maximum absolute atomic E-state index is 10.9. The maximum atomic E-state index is 10.9. The van der Waals surface area contributed by atoms with E-state index in [0.29, 0.717) is 6.42 Å². The number of hydrogen-bond acceptors (Lipinski definition) is 2. The van der Waals surface area contributed by atoms with E-state index in [4.69, 9.17) is 5.11 Å². The summed E-state index contributed by atoms with van der Waals surface area (Å²) in [6, 6.07) is 6.91. The Labute approximate surface area is 82.0 Å². The molecule has 3 nitrogen and oxygen atoms in total. The van der Waals surface area contributed by atoms with Crippen molar-refractivity contribution in [3.05, 3.63) is 29.8 Å². The highest BCUT2D eigenvalue weighted by molar-refractivity contribution is 5.78. The molecule has 0 radical (unpaired) electrons. The van der Waals surface area contributed by atoms with Gasteiger partial charge in [0.05, 0.1) is 5.41 Å². The van der Waals surface area contributed by atoms with Gasteiger partial charge in [-0.15, -0.1) is 0 Å². The second kappa shape index (κ2) is 3.01. The van der Waals surface area contributed by atoms with Gasteiger partial charge in [-0.3, -0.25) is 4.79 Å². The van der Waals surface area contributed by atoms with Crippen molar-refractivity contribution in [2.75, 3.05) is 0 Å². The van der Waals surface area contributed by atoms with Crippen LogP contribution in [0.25, 0.3) is 0 Å². The standard InChI is InChI=1S/C11H12O3/c12-9-4-2-1-3-8(9)7-11(5-6-11)10(13)14/h1-4,12H,5-7H2,(H,13,14). The molecule has 1 aliphatic carbocycles. The molecule has 1 aliphatic rings. The number of carbonyl (C=O) groups is 1. The zero-order valence-corrected chi connectivity index (χ0v) is 7.73. The minimum Gasteiger partial charge on any atom is -0.508 e. The van der Waals surface area contributed by atoms with Crippen LogP contribution in [0.15, 0.2) is 24.3 Å². The van der Waals surface area contributed by atoms with E-state index in [1.807, 2.05) is 6.07 Å². The Kier molecular flexibility index (Phi) is 1.95. The molecule has 1 fully saturated rings. The van der Waals surface area contributed by atoms with Gasteiger partial charge in [-0.25, -0.2) is 0 Å². The van der Waals surface area contributed by atoms with Gasteiger partial charge in [0, 0.05) is 0 Å². The lowest BCUT2D eigenvalue weighted by molar-refractivity contribution is -0.143. The summed E-state index contributed by atoms with van der Waals surface area (Å²) in [7, 11) is 0. The molecular weight excluding hydrogens is 180 g/mol. The summed E-state index contributed by atoms with van der Waals surface area (Å²) in [4.78, 5) is 10.9. The number of phenolic OH excluding ortho intramolecular Hbond substituents is 1. The van der Waals surface area contributed by atoms with Gasteiger partial charge in [0.1, 0.15) is 5.75 Å². The Hall–Kier alpha value is -1.51. The predicted molar refractivity (Wildman–Crippen MR) is 51.1 cm³/mol. The third kappa shape index (κ3) is 1.45. The maximum Gasteiger partial charge on any atom is 0.309 e. The first-order valence-electron chi connectivity index (χ1n) is 4.64. The fraction of sp³-hybridized carbons (Fsp3) is 0.364. The number of para-hydroxylation sites is 1. The third-order valence-corrected chi connectivity index (χ3v) is 2.83. The molecule has 74 valence electrons. The van der Waals surface area contributed by atoms with Crippen molar-refractivity contribution >= 4 is 5.97 Å². The summed E-state index contributed by atoms with van der Waals surface area (Å²) >= 11 is 0. The number of aromatic hydroxyl groups is 1. The van der Waals surface area contributed by atoms with E-state index in [0.717, 1.165) is 18.4 Å². The average molecular weight is 192 g/mol. The zero-order valence-electron chi connectivity index (χ0n) is 7.73. The Morgan fingerprint density at radius 2 is 2.00 bits per heavy atom. The molecule has 0 atom stereocenters. The van der Waals surface area contributed by atoms with Crippen LogP contribution in [0.2, 0.25) is 0 Å². The van der Waals surface area contributed by atoms with E-state index in [-0.39, 0.29) is 5.75 Å². The molecule has 1 aromatic rings. The largest absolute Gasteiger partial charge is 0.508 e. The van der Waals surface area contributed by atoms with Crippen LogP contribution in [0.3, 0.4) is 0 Å². The van der Waals surface area contributed by atoms with Crippen LogP contribution in [0.4, 0.5) is 0 Å². The van der Waals surface area contributed by atoms with Gasteiger partial charge in [0.2, 0.25) is 0 Å². The van der Waals surface area contributed by atoms with Gasteiger partial charge in [-0.05, 0) is 30.9 Å². The van der Waals surface area contributed by atoms with Crippen LogP contribution in [-0.4, -0.2) is 16.2 Å². The van der Waals surface area contributed by atoms with E-state index in [9.17, 15) is 9.90 Å². The number of carboxylic acids is 1. The SMILES string of the molecule is O=C(O)C1(Cc2ccccc2O)CC1. The molecule has 1 saturated carbocycles. The summed E-state index contributed by atoms with van der Waals surface area (Å²) < 4.78 is 0. The summed E-state index contributed by atoms with van der Waals surface area (Å²) in [6.07, 6.45) is 1.88. The smallest absolute Gasteiger partial charge is 0.309 e. The quantitative estimate of drug-likeness (QED) is 0.767. The van der Waals surface area contributed by atoms with Crippen molar-refractivity contribution in [1.29, 1.82) is 0 Å². The Morgan fingerprint density at radius 3 is 2.50 bits per heavy atom. The van der Waals surface area contributed by atoms with Gasteiger partial charge in [-0.2, -0.15) is 0 Å². The van der Waals surface area contributed by atoms with Gasteiger partial charge < -0.3 is 10.2 Å². The number of benzene rings is 1. The van der Waals surface area contributed by atoms with E-state index < -0.39 is 11.4 Å². The number of carboxylic acid groups (broad SMARTS) is 1. The van der Waals surface area contributed by atoms with Crippen LogP contribution in [0, 0.1) is 5.41 Å². The van der Waals surface area contributed by atoms with Crippen LogP contribution >= 0.6 is 0 Å². The highest BCUT2D eigenvalue weighted by Crippen LogP contribution is 2.49. The van der Waals surface area contributed by atoms with Gasteiger partial charge in [-0.1, -0.05) is 18.2 Å². The molecular formula is C11H12O3. The molecule has 0 aliphatic heterocycles. The van der Waals surface area contributed by atoms with E-state index in [1.54, 1.807) is 18.2 Å². The van der Waals surface area contributed by atoms with Gasteiger partial charge in [0.15, 0.2) is 0 Å². The normalized spacial score (nSPS) is 17.7. The number of rotatable bonds is 3. The molecule has 0 saturated heterocycles. The van der Waals surface area contributed by atoms with Crippen molar-refractivity contribution in [3.8, 4) is 5.75 Å². The molecule has 2 N–H and O–H groups in total. The monoisotopic (exact) mass is 192 g/mol. The van der Waals surface area contributed by atoms with Gasteiger partial charge >= 0.3 is 5.97 Å². The van der Waals surface area contributed by atoms with E-state index >= 15 is 0 Å². The predicted octanol–water partition coefficient (Wildman–Crippen LogP) is 1.80. The summed E-state index contributed by atoms with van der Waals surface area (Å²) in [5.41, 5.74) is 0.131. The fourth-order valence-electron chi connectivity index (χ4n) is 1.64. The van der Waals surface area contributed by atoms with E-state index in [1.165, 1.54) is 0 Å². The Morgan fingerprint density at radius 1 is 1.36 bits per heavy atom. The highest BCUT2D eigenvalue weighted by Gasteiger charge is 2.50. The molecule has 0 aromatic heterocycles. The minimum absolute atomic E-state index is 0.194. The third-order valence-electron chi connectivity index (χ3n) is 2.83. The van der Waals surface area contributed by atoms with Crippen LogP contribution in [0.5, 0.6) is 5.75 Å². The first kappa shape index (κ1) is 9.06. The van der Waals surface area contributed by atoms with Crippen LogP contribution < -0.4 is 0 Å². The molecule has 0 heterocycles. The summed E-state index contributed by atoms with van der Waals surface area (Å²) in [5.74, 6) is -0.555. The highest BCUT2D eigenvalue weighted by atomic mass is 16.4. The number of phenols is 1. The van der Waals surface area contributed by atoms with Crippen molar-refractivity contribution in [1.82, 2.24) is 0 Å². The molecule has 14 heavy (non-hydrogen) atoms. The van der Waals surface area contributed by atoms with Crippen molar-refractivity contribution in [2.45, 2.75) is 19.3 Å². The second-order valence-electron chi connectivity index (χ2n) is 3.89. The average Bonchev–Trinajstić information content (AvgIpc) is 2.90. The first-order valence-corrected chi connectivity index (χ1v) is 4.64. The zero-order chi connectivity index (χ0) is 10.2. The summed E-state index contributed by atoms with van der Waals surface area (Å²) in [5, 5.41) is 18.5. The molecule has 0 amide bonds. The summed E-state index contributed by atoms with van der Waals surface area (Å²) in [6.45, 7) is 0. The lowest BCUT2D eigenvalue weighted by Gasteiger charge is -2.10. The van der Waals surface area contributed by atoms with E-state index in [2.05, 4.69) is 0 Å². The number of hydrogen-bond donors (Lipinski definition) is 2. The van der Waals surface area contributed by atoms with Gasteiger partial charge in [0.25, 0.3) is 0 Å². The second-order valence-corrected chi connectivity index (χ2v) is 3.89. The molecule has 3 heteroatoms. The van der Waals surface area contributed by atoms with Crippen LogP contribution in [0.1, 0.15) is 18.4 Å². The van der Waals surface area contributed by atoms with Crippen molar-refractivity contribution in [3.63, 3.8) is 0 Å². The lowest BCUT2D eigenvalue weighted by Crippen LogP contribution is -2.17. The molecule has 2 rings (SSSR count). The lowest BCUT2D eigenvalue weighted by atomic mass is 9.96. The topological polar surface area (TPSA) is 57.5 Å². The molecule has 1 aromatic carbocycles. The Bertz CT molecular complexity index is 367. The van der Waals surface area contributed by atoms with Crippen molar-refractivity contribution < 1.29 is 15.0 Å². The molecule has 0 spiro atoms. The van der Waals surface area contributed by atoms with Crippen molar-refractivity contribution in [2.24, 2.45) is 5.41 Å². The molecule has 0 unspecified atom stereocenters. The first-order chi connectivity index (χ1) is 6.64.